The molecule has 0 saturated heterocycles. The van der Waals surface area contributed by atoms with Gasteiger partial charge in [0.2, 0.25) is 0 Å². The highest BCUT2D eigenvalue weighted by atomic mass is 35.5. The number of carbonyl (C=O) groups excluding carboxylic acids is 1. The Morgan fingerprint density at radius 3 is 2.90 bits per heavy atom. The molecule has 0 spiro atoms. The maximum absolute atomic E-state index is 13.1. The van der Waals surface area contributed by atoms with E-state index < -0.39 is 11.9 Å². The minimum atomic E-state index is -0.543. The van der Waals surface area contributed by atoms with Gasteiger partial charge in [0.05, 0.1) is 11.6 Å². The first kappa shape index (κ1) is 14.2. The second-order valence-corrected chi connectivity index (χ2v) is 5.50. The van der Waals surface area contributed by atoms with Crippen LogP contribution < -0.4 is 0 Å². The quantitative estimate of drug-likeness (QED) is 0.859. The predicted molar refractivity (Wildman–Crippen MR) is 79.0 cm³/mol. The number of Topliss-reactive ketones (excluding diaryl/α,β-unsaturated/α-hetero) is 1. The Kier molecular flexibility index (Phi) is 4.04. The van der Waals surface area contributed by atoms with Crippen LogP contribution in [0.1, 0.15) is 22.8 Å². The molecule has 2 aromatic rings. The molecule has 1 heterocycles. The van der Waals surface area contributed by atoms with E-state index in [-0.39, 0.29) is 17.2 Å². The molecule has 0 saturated carbocycles. The van der Waals surface area contributed by atoms with Gasteiger partial charge < -0.3 is 4.74 Å². The minimum Gasteiger partial charge on any atom is -0.365 e. The zero-order valence-electron chi connectivity index (χ0n) is 11.3. The number of benzene rings is 2. The van der Waals surface area contributed by atoms with Crippen LogP contribution in [0.25, 0.3) is 0 Å². The molecule has 0 aliphatic carbocycles. The van der Waals surface area contributed by atoms with E-state index in [1.807, 2.05) is 24.3 Å². The zero-order valence-corrected chi connectivity index (χ0v) is 12.1. The van der Waals surface area contributed by atoms with Gasteiger partial charge in [-0.2, -0.15) is 0 Å². The van der Waals surface area contributed by atoms with Crippen molar-refractivity contribution in [2.75, 3.05) is 6.61 Å². The Bertz CT molecular complexity index is 684. The molecule has 0 amide bonds. The number of hydrogen-bond acceptors (Lipinski definition) is 2. The van der Waals surface area contributed by atoms with Crippen LogP contribution in [0.3, 0.4) is 0 Å². The van der Waals surface area contributed by atoms with E-state index in [1.54, 1.807) is 6.07 Å². The summed E-state index contributed by atoms with van der Waals surface area (Å²) in [5.74, 6) is -0.517. The summed E-state index contributed by atoms with van der Waals surface area (Å²) in [5.41, 5.74) is 2.78. The van der Waals surface area contributed by atoms with Crippen LogP contribution in [0.2, 0.25) is 5.02 Å². The fourth-order valence-electron chi connectivity index (χ4n) is 2.60. The summed E-state index contributed by atoms with van der Waals surface area (Å²) in [6, 6.07) is 12.2. The van der Waals surface area contributed by atoms with Gasteiger partial charge in [0.15, 0.2) is 5.78 Å². The summed E-state index contributed by atoms with van der Waals surface area (Å²) in [4.78, 5) is 12.5. The van der Waals surface area contributed by atoms with Crippen LogP contribution in [0.5, 0.6) is 0 Å². The van der Waals surface area contributed by atoms with Gasteiger partial charge in [-0.1, -0.05) is 41.9 Å². The van der Waals surface area contributed by atoms with Crippen molar-refractivity contribution in [2.24, 2.45) is 0 Å². The lowest BCUT2D eigenvalue weighted by Crippen LogP contribution is -2.24. The van der Waals surface area contributed by atoms with Gasteiger partial charge in [-0.3, -0.25) is 4.79 Å². The van der Waals surface area contributed by atoms with Crippen molar-refractivity contribution < 1.29 is 13.9 Å². The molecule has 3 rings (SSSR count). The minimum absolute atomic E-state index is 0.0327. The Morgan fingerprint density at radius 2 is 2.10 bits per heavy atom. The van der Waals surface area contributed by atoms with E-state index in [0.29, 0.717) is 12.2 Å². The number of carbonyl (C=O) groups is 1. The molecule has 0 fully saturated rings. The maximum Gasteiger partial charge on any atom is 0.170 e. The van der Waals surface area contributed by atoms with Crippen molar-refractivity contribution in [1.82, 2.24) is 0 Å². The first-order valence-corrected chi connectivity index (χ1v) is 7.19. The Labute approximate surface area is 127 Å². The second kappa shape index (κ2) is 5.96. The van der Waals surface area contributed by atoms with E-state index in [4.69, 9.17) is 16.3 Å². The highest BCUT2D eigenvalue weighted by Crippen LogP contribution is 2.29. The van der Waals surface area contributed by atoms with Crippen molar-refractivity contribution in [3.63, 3.8) is 0 Å². The van der Waals surface area contributed by atoms with Gasteiger partial charge in [-0.05, 0) is 35.2 Å². The van der Waals surface area contributed by atoms with Crippen molar-refractivity contribution in [3.05, 3.63) is 70.0 Å². The van der Waals surface area contributed by atoms with E-state index >= 15 is 0 Å². The molecule has 2 nitrogen and oxygen atoms in total. The first-order valence-electron chi connectivity index (χ1n) is 6.81. The summed E-state index contributed by atoms with van der Waals surface area (Å²) in [5, 5.41) is 0.0327. The Balaban J connectivity index is 1.81. The third-order valence-corrected chi connectivity index (χ3v) is 3.94. The Hall–Kier alpha value is -1.71. The van der Waals surface area contributed by atoms with Gasteiger partial charge in [0.25, 0.3) is 0 Å². The molecule has 2 aromatic carbocycles. The van der Waals surface area contributed by atoms with Gasteiger partial charge in [0, 0.05) is 6.42 Å². The summed E-state index contributed by atoms with van der Waals surface area (Å²) in [6.07, 6.45) is 0.459. The largest absolute Gasteiger partial charge is 0.365 e. The van der Waals surface area contributed by atoms with E-state index in [1.165, 1.54) is 12.1 Å². The molecule has 1 aliphatic rings. The molecule has 0 bridgehead atoms. The van der Waals surface area contributed by atoms with Crippen molar-refractivity contribution in [1.29, 1.82) is 0 Å². The maximum atomic E-state index is 13.1. The lowest BCUT2D eigenvalue weighted by Gasteiger charge is -2.25. The number of rotatable bonds is 3. The molecule has 1 atom stereocenters. The normalized spacial score (nSPS) is 17.3. The molecule has 1 aliphatic heterocycles. The van der Waals surface area contributed by atoms with Gasteiger partial charge >= 0.3 is 0 Å². The highest BCUT2D eigenvalue weighted by molar-refractivity contribution is 6.30. The van der Waals surface area contributed by atoms with E-state index in [9.17, 15) is 9.18 Å². The summed E-state index contributed by atoms with van der Waals surface area (Å²) in [6.45, 7) is 0.539. The topological polar surface area (TPSA) is 26.3 Å². The molecule has 1 unspecified atom stereocenters. The second-order valence-electron chi connectivity index (χ2n) is 5.09. The van der Waals surface area contributed by atoms with Gasteiger partial charge in [-0.25, -0.2) is 4.39 Å². The van der Waals surface area contributed by atoms with Gasteiger partial charge in [0.1, 0.15) is 11.9 Å². The third-order valence-electron chi connectivity index (χ3n) is 3.65. The molecule has 21 heavy (non-hydrogen) atoms. The fourth-order valence-corrected chi connectivity index (χ4v) is 2.81. The van der Waals surface area contributed by atoms with Crippen LogP contribution in [0.15, 0.2) is 42.5 Å². The number of fused-ring (bicyclic) bond motifs is 1. The number of halogens is 2. The standard InChI is InChI=1S/C17H14ClFO2/c18-14-9-11(5-6-15(14)19)10-16(20)17-13-4-2-1-3-12(13)7-8-21-17/h1-6,9,17H,7-8,10H2. The highest BCUT2D eigenvalue weighted by Gasteiger charge is 2.26. The van der Waals surface area contributed by atoms with E-state index in [0.717, 1.165) is 17.5 Å². The van der Waals surface area contributed by atoms with Crippen LogP contribution in [0.4, 0.5) is 4.39 Å². The number of ether oxygens (including phenoxy) is 1. The lowest BCUT2D eigenvalue weighted by atomic mass is 9.93. The lowest BCUT2D eigenvalue weighted by molar-refractivity contribution is -0.131. The molecule has 4 heteroatoms. The zero-order chi connectivity index (χ0) is 14.8. The molecule has 0 radical (unpaired) electrons. The fraction of sp³-hybridized carbons (Fsp3) is 0.235. The average molecular weight is 305 g/mol. The molecular weight excluding hydrogens is 291 g/mol. The SMILES string of the molecule is O=C(Cc1ccc(F)c(Cl)c1)C1OCCc2ccccc21. The van der Waals surface area contributed by atoms with Crippen molar-refractivity contribution in [2.45, 2.75) is 18.9 Å². The Morgan fingerprint density at radius 1 is 1.29 bits per heavy atom. The summed E-state index contributed by atoms with van der Waals surface area (Å²) >= 11 is 5.75. The van der Waals surface area contributed by atoms with Crippen LogP contribution in [-0.2, 0) is 22.4 Å². The predicted octanol–water partition coefficient (Wildman–Crippen LogP) is 3.90. The van der Waals surface area contributed by atoms with Crippen molar-refractivity contribution in [3.8, 4) is 0 Å². The van der Waals surface area contributed by atoms with Crippen LogP contribution in [-0.4, -0.2) is 12.4 Å². The smallest absolute Gasteiger partial charge is 0.170 e. The first-order chi connectivity index (χ1) is 10.1. The van der Waals surface area contributed by atoms with Gasteiger partial charge in [-0.15, -0.1) is 0 Å². The van der Waals surface area contributed by atoms with Crippen molar-refractivity contribution >= 4 is 17.4 Å². The number of hydrogen-bond donors (Lipinski definition) is 0. The summed E-state index contributed by atoms with van der Waals surface area (Å²) < 4.78 is 18.8. The average Bonchev–Trinajstić information content (AvgIpc) is 2.50. The van der Waals surface area contributed by atoms with Crippen LogP contribution >= 0.6 is 11.6 Å². The molecule has 108 valence electrons. The molecule has 0 N–H and O–H groups in total. The van der Waals surface area contributed by atoms with E-state index in [2.05, 4.69) is 0 Å². The summed E-state index contributed by atoms with van der Waals surface area (Å²) in [7, 11) is 0. The molecule has 0 aromatic heterocycles. The molecular formula is C17H14ClFO2. The van der Waals surface area contributed by atoms with Crippen LogP contribution in [0, 0.1) is 5.82 Å². The number of ketones is 1. The third kappa shape index (κ3) is 2.99. The monoisotopic (exact) mass is 304 g/mol.